The first-order valence-electron chi connectivity index (χ1n) is 17.2. The van der Waals surface area contributed by atoms with E-state index in [1.165, 1.54) is 43.9 Å². The normalized spacial score (nSPS) is 15.6. The molecule has 1 aromatic rings. The smallest absolute Gasteiger partial charge is 0.274 e. The minimum atomic E-state index is -0.187. The first-order valence-corrected chi connectivity index (χ1v) is 18.0. The van der Waals surface area contributed by atoms with Gasteiger partial charge in [-0.15, -0.1) is 5.10 Å². The lowest BCUT2D eigenvalue weighted by molar-refractivity contribution is 0.128. The number of aryl methyl sites for hydroxylation is 1. The Kier molecular flexibility index (Phi) is 20.6. The van der Waals surface area contributed by atoms with Crippen LogP contribution in [0.25, 0.3) is 5.57 Å². The van der Waals surface area contributed by atoms with Gasteiger partial charge in [0.05, 0.1) is 10.7 Å². The van der Waals surface area contributed by atoms with Gasteiger partial charge in [0.25, 0.3) is 5.23 Å². The van der Waals surface area contributed by atoms with E-state index >= 15 is 0 Å². The molecular formula is C38H62FN3O2S. The molecule has 1 aliphatic heterocycles. The summed E-state index contributed by atoms with van der Waals surface area (Å²) < 4.78 is 21.0. The molecule has 0 fully saturated rings. The molecule has 0 saturated carbocycles. The fourth-order valence-corrected chi connectivity index (χ4v) is 5.37. The molecule has 0 spiro atoms. The zero-order valence-corrected chi connectivity index (χ0v) is 30.9. The third-order valence-electron chi connectivity index (χ3n) is 7.88. The monoisotopic (exact) mass is 643 g/mol. The van der Waals surface area contributed by atoms with E-state index in [1.54, 1.807) is 11.1 Å². The Labute approximate surface area is 279 Å². The van der Waals surface area contributed by atoms with E-state index in [-0.39, 0.29) is 11.9 Å². The number of hydrazone groups is 1. The number of benzene rings is 1. The summed E-state index contributed by atoms with van der Waals surface area (Å²) in [5, 5.41) is 11.9. The Morgan fingerprint density at radius 2 is 1.73 bits per heavy atom. The highest BCUT2D eigenvalue weighted by Crippen LogP contribution is 2.34. The van der Waals surface area contributed by atoms with E-state index in [4.69, 9.17) is 9.57 Å². The molecule has 0 aromatic heterocycles. The van der Waals surface area contributed by atoms with Gasteiger partial charge >= 0.3 is 0 Å². The summed E-state index contributed by atoms with van der Waals surface area (Å²) in [6, 6.07) is 5.42. The van der Waals surface area contributed by atoms with Gasteiger partial charge in [-0.3, -0.25) is 0 Å². The zero-order valence-electron chi connectivity index (χ0n) is 30.0. The molecular weight excluding hydrogens is 582 g/mol. The number of allylic oxidation sites excluding steroid dienone is 3. The Bertz CT molecular complexity index is 1140. The molecule has 254 valence electrons. The predicted octanol–water partition coefficient (Wildman–Crippen LogP) is 12.6. The van der Waals surface area contributed by atoms with Crippen LogP contribution in [-0.4, -0.2) is 22.1 Å². The summed E-state index contributed by atoms with van der Waals surface area (Å²) >= 11 is 1.45. The van der Waals surface area contributed by atoms with Gasteiger partial charge in [0, 0.05) is 11.8 Å². The van der Waals surface area contributed by atoms with Crippen molar-refractivity contribution in [2.75, 3.05) is 0 Å². The van der Waals surface area contributed by atoms with Crippen molar-refractivity contribution in [1.82, 2.24) is 5.01 Å². The summed E-state index contributed by atoms with van der Waals surface area (Å²) in [6.07, 6.45) is 16.4. The molecule has 7 heteroatoms. The standard InChI is InChI=1S/C27H41FN2OS.C11H21NO/c1-7-10-12-15-23(13-9-3)21(5)31-27-29-30(22(6)32-27)19-24(14-11-8-2)25-17-16-20(4)18-26(25)28;1-6-7-8-10(4)13-12-11(5)9(2)3/h16-19,21,23H,6-15H2,1-5H3;8-9H,6-7H2,1-5H3/b24-19+;10-8+,12-11+. The molecule has 1 heterocycles. The lowest BCUT2D eigenvalue weighted by Gasteiger charge is -2.24. The van der Waals surface area contributed by atoms with Crippen molar-refractivity contribution in [2.45, 2.75) is 146 Å². The van der Waals surface area contributed by atoms with Crippen LogP contribution in [0.2, 0.25) is 0 Å². The van der Waals surface area contributed by atoms with Crippen LogP contribution in [0, 0.1) is 24.6 Å². The maximum absolute atomic E-state index is 14.7. The van der Waals surface area contributed by atoms with E-state index in [0.717, 1.165) is 66.2 Å². The van der Waals surface area contributed by atoms with Gasteiger partial charge in [-0.2, -0.15) is 0 Å². The Morgan fingerprint density at radius 3 is 2.33 bits per heavy atom. The lowest BCUT2D eigenvalue weighted by Crippen LogP contribution is -2.22. The molecule has 45 heavy (non-hydrogen) atoms. The van der Waals surface area contributed by atoms with Gasteiger partial charge < -0.3 is 9.57 Å². The van der Waals surface area contributed by atoms with Crippen molar-refractivity contribution < 1.29 is 14.0 Å². The number of oxime groups is 1. The third kappa shape index (κ3) is 16.0. The second kappa shape index (κ2) is 22.9. The van der Waals surface area contributed by atoms with Crippen LogP contribution in [0.15, 0.2) is 58.1 Å². The fraction of sp³-hybridized carbons (Fsp3) is 0.632. The van der Waals surface area contributed by atoms with E-state index in [2.05, 4.69) is 71.4 Å². The number of nitrogens with zero attached hydrogens (tertiary/aromatic N) is 3. The van der Waals surface area contributed by atoms with Crippen LogP contribution in [0.4, 0.5) is 4.39 Å². The third-order valence-corrected chi connectivity index (χ3v) is 8.65. The topological polar surface area (TPSA) is 46.4 Å². The summed E-state index contributed by atoms with van der Waals surface area (Å²) in [4.78, 5) is 5.22. The van der Waals surface area contributed by atoms with Crippen LogP contribution < -0.4 is 0 Å². The van der Waals surface area contributed by atoms with Gasteiger partial charge in [-0.25, -0.2) is 9.40 Å². The molecule has 0 radical (unpaired) electrons. The van der Waals surface area contributed by atoms with Crippen molar-refractivity contribution in [3.63, 3.8) is 0 Å². The van der Waals surface area contributed by atoms with E-state index in [1.807, 2.05) is 39.1 Å². The van der Waals surface area contributed by atoms with Crippen molar-refractivity contribution in [3.8, 4) is 0 Å². The molecule has 0 N–H and O–H groups in total. The largest absolute Gasteiger partial charge is 0.468 e. The average Bonchev–Trinajstić information content (AvgIpc) is 3.34. The SMILES string of the molecule is C=C1SC(OC(C)C(CCC)CCCCC)=NN1/C=C(\CCCC)c1ccc(C)cc1F.CCC/C=C(\C)O/N=C(\C)C(C)C. The van der Waals surface area contributed by atoms with Crippen LogP contribution in [0.3, 0.4) is 0 Å². The van der Waals surface area contributed by atoms with Crippen molar-refractivity contribution >= 4 is 28.3 Å². The number of thioether (sulfide) groups is 1. The maximum Gasteiger partial charge on any atom is 0.274 e. The second-order valence-electron chi connectivity index (χ2n) is 12.4. The number of ether oxygens (including phenoxy) is 1. The number of rotatable bonds is 18. The predicted molar refractivity (Wildman–Crippen MR) is 195 cm³/mol. The lowest BCUT2D eigenvalue weighted by atomic mass is 9.92. The molecule has 0 bridgehead atoms. The van der Waals surface area contributed by atoms with E-state index in [9.17, 15) is 4.39 Å². The molecule has 0 aliphatic carbocycles. The van der Waals surface area contributed by atoms with Gasteiger partial charge in [0.15, 0.2) is 0 Å². The first-order chi connectivity index (χ1) is 21.5. The number of hydrogen-bond donors (Lipinski definition) is 0. The molecule has 2 atom stereocenters. The molecule has 5 nitrogen and oxygen atoms in total. The summed E-state index contributed by atoms with van der Waals surface area (Å²) in [7, 11) is 0. The van der Waals surface area contributed by atoms with Crippen LogP contribution in [0.1, 0.15) is 144 Å². The van der Waals surface area contributed by atoms with Gasteiger partial charge in [0.1, 0.15) is 17.7 Å². The Morgan fingerprint density at radius 1 is 1.02 bits per heavy atom. The molecule has 0 saturated heterocycles. The zero-order chi connectivity index (χ0) is 33.8. The second-order valence-corrected chi connectivity index (χ2v) is 13.4. The number of hydrogen-bond acceptors (Lipinski definition) is 6. The highest BCUT2D eigenvalue weighted by molar-refractivity contribution is 8.17. The van der Waals surface area contributed by atoms with Crippen LogP contribution in [0.5, 0.6) is 0 Å². The van der Waals surface area contributed by atoms with Crippen molar-refractivity contribution in [3.05, 3.63) is 64.8 Å². The summed E-state index contributed by atoms with van der Waals surface area (Å²) in [5.41, 5.74) is 3.53. The van der Waals surface area contributed by atoms with E-state index in [0.29, 0.717) is 22.6 Å². The number of unbranched alkanes of at least 4 members (excludes halogenated alkanes) is 4. The Hall–Kier alpha value is -2.54. The van der Waals surface area contributed by atoms with E-state index < -0.39 is 0 Å². The highest BCUT2D eigenvalue weighted by Gasteiger charge is 2.26. The minimum Gasteiger partial charge on any atom is -0.468 e. The fourth-order valence-electron chi connectivity index (χ4n) is 4.65. The molecule has 1 aliphatic rings. The van der Waals surface area contributed by atoms with Crippen LogP contribution >= 0.6 is 11.8 Å². The van der Waals surface area contributed by atoms with Crippen molar-refractivity contribution in [2.24, 2.45) is 22.1 Å². The minimum absolute atomic E-state index is 0.115. The van der Waals surface area contributed by atoms with Gasteiger partial charge in [-0.05, 0) is 107 Å². The van der Waals surface area contributed by atoms with Crippen LogP contribution in [-0.2, 0) is 9.57 Å². The summed E-state index contributed by atoms with van der Waals surface area (Å²) in [6.45, 7) is 25.1. The quantitative estimate of drug-likeness (QED) is 0.0691. The van der Waals surface area contributed by atoms with Crippen molar-refractivity contribution in [1.29, 1.82) is 0 Å². The summed E-state index contributed by atoms with van der Waals surface area (Å²) in [5.74, 6) is 1.70. The molecule has 2 rings (SSSR count). The molecule has 1 aromatic carbocycles. The Balaban J connectivity index is 0.000000656. The average molecular weight is 644 g/mol. The van der Waals surface area contributed by atoms with Gasteiger partial charge in [-0.1, -0.05) is 104 Å². The van der Waals surface area contributed by atoms with Gasteiger partial charge in [0.2, 0.25) is 0 Å². The molecule has 2 unspecified atom stereocenters. The highest BCUT2D eigenvalue weighted by atomic mass is 32.2. The first kappa shape index (κ1) is 40.5. The number of halogens is 1. The maximum atomic E-state index is 14.7. The molecule has 0 amide bonds.